The molecule has 29 heavy (non-hydrogen) atoms. The lowest BCUT2D eigenvalue weighted by atomic mass is 9.89. The first-order chi connectivity index (χ1) is 13.7. The fourth-order valence-electron chi connectivity index (χ4n) is 3.79. The number of carboxylic acid groups (broad SMARTS) is 1. The van der Waals surface area contributed by atoms with Crippen molar-refractivity contribution in [3.63, 3.8) is 0 Å². The highest BCUT2D eigenvalue weighted by Crippen LogP contribution is 2.42. The highest BCUT2D eigenvalue weighted by molar-refractivity contribution is 7.19. The molecule has 1 fully saturated rings. The Morgan fingerprint density at radius 3 is 2.83 bits per heavy atom. The average Bonchev–Trinajstić information content (AvgIpc) is 3.10. The van der Waals surface area contributed by atoms with E-state index in [-0.39, 0.29) is 11.7 Å². The van der Waals surface area contributed by atoms with Crippen LogP contribution in [0.5, 0.6) is 0 Å². The Morgan fingerprint density at radius 2 is 2.14 bits per heavy atom. The third-order valence-electron chi connectivity index (χ3n) is 5.31. The van der Waals surface area contributed by atoms with Crippen molar-refractivity contribution in [2.45, 2.75) is 39.2 Å². The third-order valence-corrected chi connectivity index (χ3v) is 7.08. The van der Waals surface area contributed by atoms with Crippen LogP contribution in [0.15, 0.2) is 36.4 Å². The number of thiophene rings is 1. The van der Waals surface area contributed by atoms with E-state index in [9.17, 15) is 14.7 Å². The quantitative estimate of drug-likeness (QED) is 0.531. The lowest BCUT2D eigenvalue weighted by Gasteiger charge is -2.13. The molecular weight excluding hydrogens is 408 g/mol. The standard InChI is InChI=1S/C23H23ClO4S/c1-23(2)13-14(16(22(23)28)10-12-20(26)27)7-8-15(25)9-11-19-21(24)17-5-3-4-6-18(17)29-19/h3-8,14-16,25H,9,11,13H2,1-2H3,(H,26,27)/b8-7+/t14-,15?,16?/m0/s1. The number of ketones is 1. The summed E-state index contributed by atoms with van der Waals surface area (Å²) >= 11 is 8.09. The molecule has 0 amide bonds. The number of rotatable bonds is 5. The summed E-state index contributed by atoms with van der Waals surface area (Å²) in [4.78, 5) is 24.3. The number of carbonyl (C=O) groups is 2. The number of hydrogen-bond acceptors (Lipinski definition) is 4. The van der Waals surface area contributed by atoms with Gasteiger partial charge in [0.1, 0.15) is 0 Å². The molecule has 4 nitrogen and oxygen atoms in total. The van der Waals surface area contributed by atoms with Crippen molar-refractivity contribution < 1.29 is 19.8 Å². The van der Waals surface area contributed by atoms with E-state index < -0.39 is 23.4 Å². The number of fused-ring (bicyclic) bond motifs is 1. The maximum Gasteiger partial charge on any atom is 0.381 e. The number of halogens is 1. The van der Waals surface area contributed by atoms with Gasteiger partial charge in [0, 0.05) is 26.3 Å². The number of Topliss-reactive ketones (excluding diaryl/α,β-unsaturated/α-hetero) is 1. The van der Waals surface area contributed by atoms with Crippen molar-refractivity contribution >= 4 is 44.8 Å². The topological polar surface area (TPSA) is 74.6 Å². The minimum atomic E-state index is -1.24. The second kappa shape index (κ2) is 8.71. The van der Waals surface area contributed by atoms with Gasteiger partial charge in [0.2, 0.25) is 0 Å². The van der Waals surface area contributed by atoms with Crippen LogP contribution in [-0.2, 0) is 16.0 Å². The summed E-state index contributed by atoms with van der Waals surface area (Å²) in [6, 6.07) is 7.95. The molecular formula is C23H23ClO4S. The molecule has 1 saturated carbocycles. The Hall–Kier alpha value is -2.13. The van der Waals surface area contributed by atoms with Gasteiger partial charge in [-0.05, 0) is 31.2 Å². The first-order valence-corrected chi connectivity index (χ1v) is 10.7. The van der Waals surface area contributed by atoms with Crippen molar-refractivity contribution in [3.05, 3.63) is 46.3 Å². The van der Waals surface area contributed by atoms with Crippen LogP contribution in [0.25, 0.3) is 10.1 Å². The summed E-state index contributed by atoms with van der Waals surface area (Å²) in [5.74, 6) is 2.52. The van der Waals surface area contributed by atoms with E-state index >= 15 is 0 Å². The van der Waals surface area contributed by atoms with Gasteiger partial charge in [-0.3, -0.25) is 4.79 Å². The van der Waals surface area contributed by atoms with Gasteiger partial charge in [-0.2, -0.15) is 0 Å². The lowest BCUT2D eigenvalue weighted by Crippen LogP contribution is -2.21. The van der Waals surface area contributed by atoms with Gasteiger partial charge in [0.15, 0.2) is 5.78 Å². The van der Waals surface area contributed by atoms with Gasteiger partial charge >= 0.3 is 5.97 Å². The number of aliphatic carboxylic acids is 1. The van der Waals surface area contributed by atoms with E-state index in [1.165, 1.54) is 0 Å². The van der Waals surface area contributed by atoms with Crippen LogP contribution in [0.4, 0.5) is 0 Å². The zero-order chi connectivity index (χ0) is 21.2. The molecule has 3 atom stereocenters. The van der Waals surface area contributed by atoms with Crippen molar-refractivity contribution in [1.82, 2.24) is 0 Å². The molecule has 2 unspecified atom stereocenters. The average molecular weight is 431 g/mol. The second-order valence-corrected chi connectivity index (χ2v) is 9.51. The number of aliphatic hydroxyl groups excluding tert-OH is 1. The number of allylic oxidation sites excluding steroid dienone is 1. The summed E-state index contributed by atoms with van der Waals surface area (Å²) in [6.45, 7) is 3.69. The number of carbonyl (C=O) groups excluding carboxylic acids is 1. The minimum absolute atomic E-state index is 0.0487. The van der Waals surface area contributed by atoms with E-state index in [2.05, 4.69) is 11.8 Å². The fraction of sp³-hybridized carbons (Fsp3) is 0.391. The summed E-state index contributed by atoms with van der Waals surface area (Å²) in [7, 11) is 0. The van der Waals surface area contributed by atoms with Gasteiger partial charge in [-0.1, -0.05) is 61.7 Å². The second-order valence-electron chi connectivity index (χ2n) is 7.99. The normalized spacial score (nSPS) is 22.0. The molecule has 0 radical (unpaired) electrons. The van der Waals surface area contributed by atoms with Crippen LogP contribution in [0.3, 0.4) is 0 Å². The smallest absolute Gasteiger partial charge is 0.381 e. The molecule has 0 saturated heterocycles. The molecule has 0 aliphatic heterocycles. The molecule has 152 valence electrons. The van der Waals surface area contributed by atoms with Crippen molar-refractivity contribution in [2.24, 2.45) is 17.3 Å². The monoisotopic (exact) mass is 430 g/mol. The van der Waals surface area contributed by atoms with Crippen LogP contribution in [0.1, 0.15) is 31.6 Å². The predicted molar refractivity (Wildman–Crippen MR) is 116 cm³/mol. The largest absolute Gasteiger partial charge is 0.472 e. The Labute approximate surface area is 179 Å². The van der Waals surface area contributed by atoms with Crippen LogP contribution in [0, 0.1) is 29.1 Å². The summed E-state index contributed by atoms with van der Waals surface area (Å²) in [5.41, 5.74) is -0.553. The number of aryl methyl sites for hydroxylation is 1. The third kappa shape index (κ3) is 4.90. The molecule has 1 aliphatic rings. The van der Waals surface area contributed by atoms with Crippen LogP contribution >= 0.6 is 22.9 Å². The summed E-state index contributed by atoms with van der Waals surface area (Å²) < 4.78 is 1.13. The Morgan fingerprint density at radius 1 is 1.41 bits per heavy atom. The maximum atomic E-state index is 12.5. The summed E-state index contributed by atoms with van der Waals surface area (Å²) in [6.07, 6.45) is 4.57. The molecule has 1 aromatic carbocycles. The van der Waals surface area contributed by atoms with E-state index in [0.29, 0.717) is 19.3 Å². The van der Waals surface area contributed by atoms with Gasteiger partial charge in [0.05, 0.1) is 17.0 Å². The lowest BCUT2D eigenvalue weighted by molar-refractivity contribution is -0.130. The van der Waals surface area contributed by atoms with Gasteiger partial charge < -0.3 is 10.2 Å². The van der Waals surface area contributed by atoms with E-state index in [1.54, 1.807) is 17.4 Å². The SMILES string of the molecule is CC1(C)C[C@H](/C=C/C(O)CCc2sc3ccccc3c2Cl)C(C#CC(=O)O)C1=O. The number of aliphatic hydroxyl groups is 1. The number of carboxylic acids is 1. The van der Waals surface area contributed by atoms with Crippen LogP contribution in [-0.4, -0.2) is 28.1 Å². The predicted octanol–water partition coefficient (Wildman–Crippen LogP) is 4.72. The molecule has 1 aromatic heterocycles. The van der Waals surface area contributed by atoms with Gasteiger partial charge in [0.25, 0.3) is 0 Å². The molecule has 6 heteroatoms. The van der Waals surface area contributed by atoms with Crippen molar-refractivity contribution in [2.75, 3.05) is 0 Å². The van der Waals surface area contributed by atoms with Gasteiger partial charge in [-0.25, -0.2) is 4.79 Å². The van der Waals surface area contributed by atoms with Crippen molar-refractivity contribution in [1.29, 1.82) is 0 Å². The zero-order valence-corrected chi connectivity index (χ0v) is 17.9. The van der Waals surface area contributed by atoms with Crippen molar-refractivity contribution in [3.8, 4) is 11.8 Å². The molecule has 2 aromatic rings. The molecule has 0 bridgehead atoms. The Balaban J connectivity index is 1.66. The first kappa shape index (κ1) is 21.6. The Bertz CT molecular complexity index is 1020. The number of benzene rings is 1. The first-order valence-electron chi connectivity index (χ1n) is 9.50. The number of hydrogen-bond donors (Lipinski definition) is 2. The molecule has 1 heterocycles. The van der Waals surface area contributed by atoms with Crippen LogP contribution < -0.4 is 0 Å². The molecule has 2 N–H and O–H groups in total. The van der Waals surface area contributed by atoms with Crippen LogP contribution in [0.2, 0.25) is 5.02 Å². The maximum absolute atomic E-state index is 12.5. The minimum Gasteiger partial charge on any atom is -0.472 e. The van der Waals surface area contributed by atoms with Gasteiger partial charge in [-0.15, -0.1) is 11.3 Å². The summed E-state index contributed by atoms with van der Waals surface area (Å²) in [5, 5.41) is 21.0. The Kier molecular flexibility index (Phi) is 6.48. The molecule has 0 spiro atoms. The highest BCUT2D eigenvalue weighted by atomic mass is 35.5. The fourth-order valence-corrected chi connectivity index (χ4v) is 5.33. The van der Waals surface area contributed by atoms with E-state index in [1.807, 2.05) is 44.2 Å². The highest BCUT2D eigenvalue weighted by Gasteiger charge is 2.45. The van der Waals surface area contributed by atoms with E-state index in [4.69, 9.17) is 16.7 Å². The van der Waals surface area contributed by atoms with E-state index in [0.717, 1.165) is 20.0 Å². The molecule has 3 rings (SSSR count). The molecule has 1 aliphatic carbocycles. The zero-order valence-electron chi connectivity index (χ0n) is 16.3.